The maximum Gasteiger partial charge on any atom is 0.225 e. The van der Waals surface area contributed by atoms with Gasteiger partial charge in [-0.1, -0.05) is 30.3 Å². The molecule has 7 heteroatoms. The van der Waals surface area contributed by atoms with E-state index < -0.39 is 0 Å². The van der Waals surface area contributed by atoms with Crippen LogP contribution in [0, 0.1) is 0 Å². The first-order valence-electron chi connectivity index (χ1n) is 10.9. The highest BCUT2D eigenvalue weighted by molar-refractivity contribution is 5.76. The molecule has 6 rings (SSSR count). The van der Waals surface area contributed by atoms with Crippen molar-refractivity contribution in [3.8, 4) is 11.3 Å². The predicted molar refractivity (Wildman–Crippen MR) is 119 cm³/mol. The predicted octanol–water partition coefficient (Wildman–Crippen LogP) is 3.39. The lowest BCUT2D eigenvalue weighted by atomic mass is 10.0. The van der Waals surface area contributed by atoms with E-state index in [1.54, 1.807) is 0 Å². The number of imidazole rings is 1. The average Bonchev–Trinajstić information content (AvgIpc) is 3.54. The fourth-order valence-electron chi connectivity index (χ4n) is 4.96. The van der Waals surface area contributed by atoms with Gasteiger partial charge in [0.15, 0.2) is 5.65 Å². The van der Waals surface area contributed by atoms with Crippen LogP contribution in [-0.4, -0.2) is 48.8 Å². The van der Waals surface area contributed by atoms with E-state index in [4.69, 9.17) is 9.97 Å². The summed E-state index contributed by atoms with van der Waals surface area (Å²) in [6.45, 7) is 1.02. The smallest absolute Gasteiger partial charge is 0.225 e. The number of aryl methyl sites for hydroxylation is 1. The quantitative estimate of drug-likeness (QED) is 0.554. The number of benzene rings is 1. The molecule has 0 unspecified atom stereocenters. The maximum absolute atomic E-state index is 9.58. The van der Waals surface area contributed by atoms with E-state index in [9.17, 15) is 5.11 Å². The third-order valence-electron chi connectivity index (χ3n) is 6.53. The SMILES string of the molecule is OC[C@H]1CCCN1c1ncc(-c2ccc3nc4n(c3n2)[C@@H](c2ccccc2)CC4)cn1. The summed E-state index contributed by atoms with van der Waals surface area (Å²) in [7, 11) is 0. The third-order valence-corrected chi connectivity index (χ3v) is 6.53. The fourth-order valence-corrected chi connectivity index (χ4v) is 4.96. The summed E-state index contributed by atoms with van der Waals surface area (Å²) < 4.78 is 2.29. The number of nitrogens with zero attached hydrogens (tertiary/aromatic N) is 6. The van der Waals surface area contributed by atoms with Gasteiger partial charge >= 0.3 is 0 Å². The van der Waals surface area contributed by atoms with Gasteiger partial charge in [0.05, 0.1) is 24.4 Å². The zero-order valence-corrected chi connectivity index (χ0v) is 17.2. The van der Waals surface area contributed by atoms with Gasteiger partial charge in [-0.05, 0) is 37.0 Å². The Kier molecular flexibility index (Phi) is 4.42. The average molecular weight is 412 g/mol. The maximum atomic E-state index is 9.58. The molecular formula is C24H24N6O. The summed E-state index contributed by atoms with van der Waals surface area (Å²) in [5.74, 6) is 1.78. The van der Waals surface area contributed by atoms with Crippen molar-refractivity contribution in [2.75, 3.05) is 18.1 Å². The Balaban J connectivity index is 1.36. The standard InChI is InChI=1S/C24H24N6O/c31-15-18-7-4-12-29(18)24-25-13-17(14-26-24)19-8-9-20-23(28-19)30-21(10-11-22(30)27-20)16-5-2-1-3-6-16/h1-3,5-6,8-9,13-14,18,21,31H,4,7,10-12,15H2/t18-,21-/m1/s1. The van der Waals surface area contributed by atoms with E-state index in [0.29, 0.717) is 5.95 Å². The van der Waals surface area contributed by atoms with Gasteiger partial charge in [-0.25, -0.2) is 19.9 Å². The van der Waals surface area contributed by atoms with E-state index in [1.165, 1.54) is 5.56 Å². The van der Waals surface area contributed by atoms with Crippen LogP contribution in [0.4, 0.5) is 5.95 Å². The van der Waals surface area contributed by atoms with Crippen LogP contribution in [0.25, 0.3) is 22.4 Å². The van der Waals surface area contributed by atoms with E-state index >= 15 is 0 Å². The molecule has 0 spiro atoms. The minimum atomic E-state index is 0.115. The summed E-state index contributed by atoms with van der Waals surface area (Å²) in [4.78, 5) is 21.1. The van der Waals surface area contributed by atoms with E-state index in [0.717, 1.165) is 60.5 Å². The molecule has 2 aliphatic rings. The van der Waals surface area contributed by atoms with Gasteiger partial charge in [-0.3, -0.25) is 0 Å². The number of aromatic nitrogens is 5. The van der Waals surface area contributed by atoms with Crippen LogP contribution in [0.15, 0.2) is 54.9 Å². The molecular weight excluding hydrogens is 388 g/mol. The zero-order valence-electron chi connectivity index (χ0n) is 17.2. The van der Waals surface area contributed by atoms with E-state index in [1.807, 2.05) is 24.5 Å². The molecule has 5 heterocycles. The monoisotopic (exact) mass is 412 g/mol. The lowest BCUT2D eigenvalue weighted by molar-refractivity contribution is 0.265. The van der Waals surface area contributed by atoms with Crippen LogP contribution in [0.2, 0.25) is 0 Å². The number of fused-ring (bicyclic) bond motifs is 3. The van der Waals surface area contributed by atoms with Gasteiger partial charge in [-0.2, -0.15) is 0 Å². The lowest BCUT2D eigenvalue weighted by Gasteiger charge is -2.22. The number of rotatable bonds is 4. The van der Waals surface area contributed by atoms with Crippen molar-refractivity contribution in [3.05, 3.63) is 66.2 Å². The number of hydrogen-bond acceptors (Lipinski definition) is 6. The van der Waals surface area contributed by atoms with Crippen LogP contribution in [0.3, 0.4) is 0 Å². The van der Waals surface area contributed by atoms with Crippen LogP contribution >= 0.6 is 0 Å². The molecule has 2 aliphatic heterocycles. The highest BCUT2D eigenvalue weighted by Crippen LogP contribution is 2.35. The van der Waals surface area contributed by atoms with Crippen LogP contribution in [-0.2, 0) is 6.42 Å². The topological polar surface area (TPSA) is 80.0 Å². The van der Waals surface area contributed by atoms with Crippen molar-refractivity contribution in [3.63, 3.8) is 0 Å². The van der Waals surface area contributed by atoms with Gasteiger partial charge in [0, 0.05) is 30.9 Å². The molecule has 0 bridgehead atoms. The van der Waals surface area contributed by atoms with Crippen molar-refractivity contribution in [1.29, 1.82) is 0 Å². The number of anilines is 1. The highest BCUT2D eigenvalue weighted by Gasteiger charge is 2.28. The summed E-state index contributed by atoms with van der Waals surface area (Å²) in [5, 5.41) is 9.58. The zero-order chi connectivity index (χ0) is 20.8. The summed E-state index contributed by atoms with van der Waals surface area (Å²) in [5.41, 5.74) is 4.88. The molecule has 4 aromatic rings. The Morgan fingerprint density at radius 1 is 0.968 bits per heavy atom. The highest BCUT2D eigenvalue weighted by atomic mass is 16.3. The first-order valence-corrected chi connectivity index (χ1v) is 10.9. The Morgan fingerprint density at radius 2 is 1.81 bits per heavy atom. The van der Waals surface area contributed by atoms with Gasteiger partial charge < -0.3 is 14.6 Å². The normalized spacial score (nSPS) is 20.5. The number of aliphatic hydroxyl groups is 1. The molecule has 0 amide bonds. The second-order valence-corrected chi connectivity index (χ2v) is 8.35. The molecule has 7 nitrogen and oxygen atoms in total. The molecule has 0 radical (unpaired) electrons. The molecule has 1 aromatic carbocycles. The van der Waals surface area contributed by atoms with Crippen molar-refractivity contribution in [2.24, 2.45) is 0 Å². The summed E-state index contributed by atoms with van der Waals surface area (Å²) in [6.07, 6.45) is 7.72. The lowest BCUT2D eigenvalue weighted by Crippen LogP contribution is -2.33. The number of aliphatic hydroxyl groups excluding tert-OH is 1. The van der Waals surface area contributed by atoms with Crippen LogP contribution in [0.5, 0.6) is 0 Å². The summed E-state index contributed by atoms with van der Waals surface area (Å²) >= 11 is 0. The molecule has 1 saturated heterocycles. The molecule has 1 fully saturated rings. The molecule has 156 valence electrons. The van der Waals surface area contributed by atoms with Gasteiger partial charge in [-0.15, -0.1) is 0 Å². The molecule has 2 atom stereocenters. The van der Waals surface area contributed by atoms with E-state index in [2.05, 4.69) is 49.8 Å². The van der Waals surface area contributed by atoms with Crippen molar-refractivity contribution in [2.45, 2.75) is 37.8 Å². The molecule has 1 N–H and O–H groups in total. The minimum Gasteiger partial charge on any atom is -0.394 e. The molecule has 0 saturated carbocycles. The third kappa shape index (κ3) is 3.08. The van der Waals surface area contributed by atoms with Crippen molar-refractivity contribution in [1.82, 2.24) is 24.5 Å². The summed E-state index contributed by atoms with van der Waals surface area (Å²) in [6, 6.07) is 15.0. The Labute approximate surface area is 180 Å². The van der Waals surface area contributed by atoms with Crippen molar-refractivity contribution >= 4 is 17.1 Å². The first kappa shape index (κ1) is 18.4. The minimum absolute atomic E-state index is 0.115. The Bertz CT molecular complexity index is 1220. The molecule has 0 aliphatic carbocycles. The second kappa shape index (κ2) is 7.42. The Hall–Kier alpha value is -3.32. The van der Waals surface area contributed by atoms with E-state index in [-0.39, 0.29) is 18.7 Å². The van der Waals surface area contributed by atoms with Crippen LogP contribution in [0.1, 0.15) is 36.7 Å². The largest absolute Gasteiger partial charge is 0.394 e. The number of hydrogen-bond donors (Lipinski definition) is 1. The molecule has 3 aromatic heterocycles. The number of pyridine rings is 1. The van der Waals surface area contributed by atoms with Gasteiger partial charge in [0.2, 0.25) is 5.95 Å². The van der Waals surface area contributed by atoms with Crippen molar-refractivity contribution < 1.29 is 5.11 Å². The van der Waals surface area contributed by atoms with Gasteiger partial charge in [0.1, 0.15) is 11.3 Å². The fraction of sp³-hybridized carbons (Fsp3) is 0.333. The second-order valence-electron chi connectivity index (χ2n) is 8.35. The first-order chi connectivity index (χ1) is 15.3. The van der Waals surface area contributed by atoms with Crippen LogP contribution < -0.4 is 4.90 Å². The molecule has 31 heavy (non-hydrogen) atoms. The van der Waals surface area contributed by atoms with Gasteiger partial charge in [0.25, 0.3) is 0 Å². The Morgan fingerprint density at radius 3 is 2.61 bits per heavy atom.